The number of nitrogens with zero attached hydrogens (tertiary/aromatic N) is 3. The van der Waals surface area contributed by atoms with Crippen LogP contribution < -0.4 is 4.90 Å². The molecule has 0 radical (unpaired) electrons. The van der Waals surface area contributed by atoms with Crippen LogP contribution in [-0.2, 0) is 0 Å². The van der Waals surface area contributed by atoms with Crippen LogP contribution in [0.1, 0.15) is 44.9 Å². The van der Waals surface area contributed by atoms with Gasteiger partial charge in [0.2, 0.25) is 0 Å². The molecule has 0 aromatic carbocycles. The molecule has 4 rings (SSSR count). The van der Waals surface area contributed by atoms with Gasteiger partial charge >= 0.3 is 0 Å². The van der Waals surface area contributed by atoms with Gasteiger partial charge in [-0.1, -0.05) is 0 Å². The average molecular weight is 351 g/mol. The number of hydrogen-bond donors (Lipinski definition) is 1. The number of hydrogen-bond acceptors (Lipinski definition) is 4. The van der Waals surface area contributed by atoms with E-state index in [9.17, 15) is 13.9 Å². The molecule has 4 nitrogen and oxygen atoms in total. The van der Waals surface area contributed by atoms with Gasteiger partial charge in [0.1, 0.15) is 5.82 Å². The summed E-state index contributed by atoms with van der Waals surface area (Å²) in [5, 5.41) is 9.72. The number of pyridine rings is 1. The molecule has 1 atom stereocenters. The minimum Gasteiger partial charge on any atom is -0.393 e. The molecule has 6 heteroatoms. The second kappa shape index (κ2) is 6.80. The van der Waals surface area contributed by atoms with Crippen LogP contribution in [0.5, 0.6) is 0 Å². The van der Waals surface area contributed by atoms with Crippen molar-refractivity contribution in [2.75, 3.05) is 31.1 Å². The van der Waals surface area contributed by atoms with E-state index in [4.69, 9.17) is 0 Å². The first kappa shape index (κ1) is 17.2. The van der Waals surface area contributed by atoms with Crippen molar-refractivity contribution in [2.24, 2.45) is 5.41 Å². The molecule has 0 bridgehead atoms. The van der Waals surface area contributed by atoms with Crippen LogP contribution in [-0.4, -0.2) is 53.3 Å². The molecule has 0 unspecified atom stereocenters. The van der Waals surface area contributed by atoms with Gasteiger partial charge in [0.25, 0.3) is 0 Å². The smallest absolute Gasteiger partial charge is 0.168 e. The monoisotopic (exact) mass is 351 g/mol. The highest BCUT2D eigenvalue weighted by Crippen LogP contribution is 2.42. The number of piperidine rings is 1. The Hall–Kier alpha value is -1.27. The van der Waals surface area contributed by atoms with Crippen LogP contribution in [0.2, 0.25) is 0 Å². The van der Waals surface area contributed by atoms with Gasteiger partial charge < -0.3 is 10.0 Å². The van der Waals surface area contributed by atoms with E-state index in [2.05, 4.69) is 9.88 Å². The third kappa shape index (κ3) is 3.51. The molecule has 1 N–H and O–H groups in total. The lowest BCUT2D eigenvalue weighted by Gasteiger charge is -2.42. The summed E-state index contributed by atoms with van der Waals surface area (Å²) < 4.78 is 27.3. The van der Waals surface area contributed by atoms with Gasteiger partial charge in [-0.05, 0) is 51.5 Å². The number of anilines is 1. The third-order valence-electron chi connectivity index (χ3n) is 6.40. The van der Waals surface area contributed by atoms with Crippen LogP contribution in [0.4, 0.5) is 14.6 Å². The van der Waals surface area contributed by atoms with E-state index in [-0.39, 0.29) is 11.5 Å². The fourth-order valence-electron chi connectivity index (χ4n) is 5.07. The standard InChI is InChI=1S/C19H27F2N3O/c20-14-10-17(21)18(22-11-14)24-8-1-6-19(13-24)7-9-23(12-19)15-2-4-16(25)5-3-15/h10-11,15-16,25H,1-9,12-13H2/t15-,16+,19-/m1/s1. The van der Waals surface area contributed by atoms with Gasteiger partial charge in [-0.2, -0.15) is 0 Å². The van der Waals surface area contributed by atoms with Crippen LogP contribution in [0, 0.1) is 17.0 Å². The van der Waals surface area contributed by atoms with Crippen molar-refractivity contribution in [1.29, 1.82) is 0 Å². The number of likely N-dealkylation sites (tertiary alicyclic amines) is 1. The van der Waals surface area contributed by atoms with Crippen molar-refractivity contribution in [3.63, 3.8) is 0 Å². The first-order chi connectivity index (χ1) is 12.0. The lowest BCUT2D eigenvalue weighted by atomic mass is 9.79. The number of halogens is 2. The Labute approximate surface area is 147 Å². The fraction of sp³-hybridized carbons (Fsp3) is 0.737. The summed E-state index contributed by atoms with van der Waals surface area (Å²) in [7, 11) is 0. The Morgan fingerprint density at radius 3 is 2.64 bits per heavy atom. The topological polar surface area (TPSA) is 39.6 Å². The van der Waals surface area contributed by atoms with Crippen molar-refractivity contribution >= 4 is 5.82 Å². The average Bonchev–Trinajstić information content (AvgIpc) is 2.99. The molecule has 1 aromatic heterocycles. The Bertz CT molecular complexity index is 621. The fourth-order valence-corrected chi connectivity index (χ4v) is 5.07. The summed E-state index contributed by atoms with van der Waals surface area (Å²) in [6.45, 7) is 3.72. The zero-order valence-corrected chi connectivity index (χ0v) is 14.6. The molecular weight excluding hydrogens is 324 g/mol. The molecule has 0 amide bonds. The maximum atomic E-state index is 14.1. The molecular formula is C19H27F2N3O. The van der Waals surface area contributed by atoms with E-state index in [1.54, 1.807) is 0 Å². The van der Waals surface area contributed by atoms with Crippen molar-refractivity contribution in [3.8, 4) is 0 Å². The summed E-state index contributed by atoms with van der Waals surface area (Å²) in [6, 6.07) is 1.51. The van der Waals surface area contributed by atoms with Crippen molar-refractivity contribution in [1.82, 2.24) is 9.88 Å². The van der Waals surface area contributed by atoms with E-state index < -0.39 is 11.6 Å². The van der Waals surface area contributed by atoms with Crippen LogP contribution in [0.15, 0.2) is 12.3 Å². The van der Waals surface area contributed by atoms with Gasteiger partial charge in [-0.25, -0.2) is 13.8 Å². The third-order valence-corrected chi connectivity index (χ3v) is 6.40. The molecule has 2 saturated heterocycles. The highest BCUT2D eigenvalue weighted by atomic mass is 19.1. The SMILES string of the molecule is O[C@H]1CC[C@@H](N2CC[C@]3(CCCN(c4ncc(F)cc4F)C3)C2)CC1. The lowest BCUT2D eigenvalue weighted by Crippen LogP contribution is -2.47. The number of aliphatic hydroxyl groups is 1. The molecule has 138 valence electrons. The minimum atomic E-state index is -0.625. The second-order valence-electron chi connectivity index (χ2n) is 8.17. The van der Waals surface area contributed by atoms with Gasteiger partial charge in [0, 0.05) is 37.2 Å². The quantitative estimate of drug-likeness (QED) is 0.889. The first-order valence-corrected chi connectivity index (χ1v) is 9.53. The summed E-state index contributed by atoms with van der Waals surface area (Å²) >= 11 is 0. The largest absolute Gasteiger partial charge is 0.393 e. The maximum absolute atomic E-state index is 14.1. The first-order valence-electron chi connectivity index (χ1n) is 9.53. The molecule has 3 aliphatic rings. The van der Waals surface area contributed by atoms with Gasteiger partial charge in [-0.15, -0.1) is 0 Å². The zero-order chi connectivity index (χ0) is 17.4. The molecule has 3 heterocycles. The predicted octanol–water partition coefficient (Wildman–Crippen LogP) is 2.96. The lowest BCUT2D eigenvalue weighted by molar-refractivity contribution is 0.0770. The Morgan fingerprint density at radius 2 is 1.88 bits per heavy atom. The Balaban J connectivity index is 1.44. The molecule has 3 fully saturated rings. The predicted molar refractivity (Wildman–Crippen MR) is 92.5 cm³/mol. The molecule has 1 spiro atoms. The normalized spacial score (nSPS) is 34.0. The van der Waals surface area contributed by atoms with Crippen LogP contribution >= 0.6 is 0 Å². The molecule has 2 aliphatic heterocycles. The Kier molecular flexibility index (Phi) is 4.67. The molecule has 25 heavy (non-hydrogen) atoms. The van der Waals surface area contributed by atoms with Gasteiger partial charge in [-0.3, -0.25) is 4.90 Å². The minimum absolute atomic E-state index is 0.120. The highest BCUT2D eigenvalue weighted by molar-refractivity contribution is 5.41. The van der Waals surface area contributed by atoms with Crippen LogP contribution in [0.25, 0.3) is 0 Å². The maximum Gasteiger partial charge on any atom is 0.168 e. The van der Waals surface area contributed by atoms with Gasteiger partial charge in [0.15, 0.2) is 11.6 Å². The van der Waals surface area contributed by atoms with E-state index in [0.29, 0.717) is 11.9 Å². The van der Waals surface area contributed by atoms with E-state index in [1.807, 2.05) is 4.90 Å². The number of aromatic nitrogens is 1. The Morgan fingerprint density at radius 1 is 1.08 bits per heavy atom. The molecule has 1 aromatic rings. The summed E-state index contributed by atoms with van der Waals surface area (Å²) in [6.07, 6.45) is 8.28. The number of rotatable bonds is 2. The second-order valence-corrected chi connectivity index (χ2v) is 8.17. The van der Waals surface area contributed by atoms with E-state index in [0.717, 1.165) is 83.4 Å². The number of aliphatic hydroxyl groups excluding tert-OH is 1. The molecule has 1 saturated carbocycles. The van der Waals surface area contributed by atoms with Gasteiger partial charge in [0.05, 0.1) is 12.3 Å². The zero-order valence-electron chi connectivity index (χ0n) is 14.6. The van der Waals surface area contributed by atoms with Crippen molar-refractivity contribution in [3.05, 3.63) is 23.9 Å². The summed E-state index contributed by atoms with van der Waals surface area (Å²) in [5.74, 6) is -0.896. The summed E-state index contributed by atoms with van der Waals surface area (Å²) in [5.41, 5.74) is 0.191. The molecule has 1 aliphatic carbocycles. The van der Waals surface area contributed by atoms with E-state index >= 15 is 0 Å². The van der Waals surface area contributed by atoms with Crippen LogP contribution in [0.3, 0.4) is 0 Å². The highest BCUT2D eigenvalue weighted by Gasteiger charge is 2.44. The van der Waals surface area contributed by atoms with E-state index in [1.165, 1.54) is 0 Å². The van der Waals surface area contributed by atoms with Crippen molar-refractivity contribution < 1.29 is 13.9 Å². The summed E-state index contributed by atoms with van der Waals surface area (Å²) in [4.78, 5) is 8.60. The van der Waals surface area contributed by atoms with Crippen molar-refractivity contribution in [2.45, 2.75) is 57.1 Å².